The lowest BCUT2D eigenvalue weighted by molar-refractivity contribution is 0.173. The fourth-order valence-electron chi connectivity index (χ4n) is 1.83. The molecule has 2 aromatic rings. The smallest absolute Gasteiger partial charge is 0.130 e. The summed E-state index contributed by atoms with van der Waals surface area (Å²) in [5.41, 5.74) is 0.286. The molecule has 0 bridgehead atoms. The fourth-order valence-corrected chi connectivity index (χ4v) is 1.99. The van der Waals surface area contributed by atoms with Gasteiger partial charge in [-0.3, -0.25) is 0 Å². The molecule has 0 saturated heterocycles. The lowest BCUT2D eigenvalue weighted by Crippen LogP contribution is -2.05. The van der Waals surface area contributed by atoms with Gasteiger partial charge in [-0.1, -0.05) is 17.7 Å². The molecule has 0 fully saturated rings. The first-order valence-corrected chi connectivity index (χ1v) is 5.91. The van der Waals surface area contributed by atoms with Crippen molar-refractivity contribution in [1.29, 1.82) is 0 Å². The molecular weight excluding hydrogens is 277 g/mol. The lowest BCUT2D eigenvalue weighted by Gasteiger charge is -2.12. The van der Waals surface area contributed by atoms with E-state index in [1.807, 2.05) is 0 Å². The molecule has 0 radical (unpaired) electrons. The number of hydrogen-bond donors (Lipinski definition) is 1. The van der Waals surface area contributed by atoms with Gasteiger partial charge in [0, 0.05) is 23.1 Å². The van der Waals surface area contributed by atoms with E-state index >= 15 is 0 Å². The molecule has 1 atom stereocenters. The average molecular weight is 287 g/mol. The molecule has 0 saturated carbocycles. The van der Waals surface area contributed by atoms with Crippen LogP contribution in [0.4, 0.5) is 13.2 Å². The number of hydrogen-bond acceptors (Lipinski definition) is 1. The van der Waals surface area contributed by atoms with Crippen LogP contribution in [0.5, 0.6) is 0 Å². The SMILES string of the molecule is OC(Cc1cc(F)cc(F)c1)c1ccc(Cl)cc1F. The molecule has 100 valence electrons. The second-order valence-corrected chi connectivity index (χ2v) is 4.60. The van der Waals surface area contributed by atoms with Crippen molar-refractivity contribution in [3.63, 3.8) is 0 Å². The van der Waals surface area contributed by atoms with Gasteiger partial charge in [0.05, 0.1) is 6.10 Å². The molecule has 0 heterocycles. The molecular formula is C14H10ClF3O. The van der Waals surface area contributed by atoms with Crippen LogP contribution < -0.4 is 0 Å². The summed E-state index contributed by atoms with van der Waals surface area (Å²) in [4.78, 5) is 0. The molecule has 0 amide bonds. The number of rotatable bonds is 3. The predicted octanol–water partition coefficient (Wildman–Crippen LogP) is 4.03. The molecule has 2 aromatic carbocycles. The van der Waals surface area contributed by atoms with Gasteiger partial charge < -0.3 is 5.11 Å². The van der Waals surface area contributed by atoms with Crippen LogP contribution in [0.2, 0.25) is 5.02 Å². The summed E-state index contributed by atoms with van der Waals surface area (Å²) >= 11 is 5.60. The topological polar surface area (TPSA) is 20.2 Å². The van der Waals surface area contributed by atoms with Crippen molar-refractivity contribution in [2.24, 2.45) is 0 Å². The number of aliphatic hydroxyl groups is 1. The van der Waals surface area contributed by atoms with Crippen molar-refractivity contribution in [2.75, 3.05) is 0 Å². The van der Waals surface area contributed by atoms with Crippen LogP contribution in [0.1, 0.15) is 17.2 Å². The Morgan fingerprint density at radius 2 is 1.63 bits per heavy atom. The minimum atomic E-state index is -1.20. The summed E-state index contributed by atoms with van der Waals surface area (Å²) in [5.74, 6) is -2.13. The van der Waals surface area contributed by atoms with Crippen LogP contribution in [0.3, 0.4) is 0 Å². The molecule has 0 aliphatic heterocycles. The Hall–Kier alpha value is -1.52. The monoisotopic (exact) mass is 286 g/mol. The highest BCUT2D eigenvalue weighted by atomic mass is 35.5. The molecule has 0 aliphatic rings. The van der Waals surface area contributed by atoms with E-state index < -0.39 is 23.6 Å². The maximum atomic E-state index is 13.6. The maximum absolute atomic E-state index is 13.6. The molecule has 19 heavy (non-hydrogen) atoms. The van der Waals surface area contributed by atoms with Crippen molar-refractivity contribution in [3.05, 3.63) is 70.0 Å². The Bertz CT molecular complexity index is 581. The van der Waals surface area contributed by atoms with Crippen LogP contribution in [-0.4, -0.2) is 5.11 Å². The van der Waals surface area contributed by atoms with E-state index in [0.29, 0.717) is 0 Å². The van der Waals surface area contributed by atoms with Gasteiger partial charge in [-0.15, -0.1) is 0 Å². The first kappa shape index (κ1) is 13.9. The Morgan fingerprint density at radius 1 is 1.00 bits per heavy atom. The zero-order valence-electron chi connectivity index (χ0n) is 9.71. The van der Waals surface area contributed by atoms with E-state index in [9.17, 15) is 18.3 Å². The van der Waals surface area contributed by atoms with Crippen molar-refractivity contribution in [3.8, 4) is 0 Å². The van der Waals surface area contributed by atoms with Crippen LogP contribution in [0.25, 0.3) is 0 Å². The number of benzene rings is 2. The van der Waals surface area contributed by atoms with Gasteiger partial charge in [-0.2, -0.15) is 0 Å². The fraction of sp³-hybridized carbons (Fsp3) is 0.143. The Kier molecular flexibility index (Phi) is 4.12. The third-order valence-electron chi connectivity index (χ3n) is 2.67. The zero-order chi connectivity index (χ0) is 14.0. The van der Waals surface area contributed by atoms with Gasteiger partial charge in [0.1, 0.15) is 17.5 Å². The molecule has 5 heteroatoms. The summed E-state index contributed by atoms with van der Waals surface area (Å²) in [6.45, 7) is 0. The highest BCUT2D eigenvalue weighted by Crippen LogP contribution is 2.24. The Morgan fingerprint density at radius 3 is 2.21 bits per heavy atom. The van der Waals surface area contributed by atoms with Crippen LogP contribution in [0, 0.1) is 17.5 Å². The maximum Gasteiger partial charge on any atom is 0.130 e. The van der Waals surface area contributed by atoms with E-state index in [4.69, 9.17) is 11.6 Å². The lowest BCUT2D eigenvalue weighted by atomic mass is 10.0. The first-order valence-electron chi connectivity index (χ1n) is 5.53. The summed E-state index contributed by atoms with van der Waals surface area (Å²) in [6.07, 6.45) is -1.29. The molecule has 1 nitrogen and oxygen atoms in total. The number of aliphatic hydroxyl groups excluding tert-OH is 1. The predicted molar refractivity (Wildman–Crippen MR) is 66.4 cm³/mol. The Labute approximate surface area is 113 Å². The summed E-state index contributed by atoms with van der Waals surface area (Å²) in [5, 5.41) is 10.1. The summed E-state index contributed by atoms with van der Waals surface area (Å²) in [6, 6.07) is 6.79. The van der Waals surface area contributed by atoms with E-state index in [-0.39, 0.29) is 22.6 Å². The normalized spacial score (nSPS) is 12.5. The zero-order valence-corrected chi connectivity index (χ0v) is 10.5. The van der Waals surface area contributed by atoms with Crippen LogP contribution in [0.15, 0.2) is 36.4 Å². The van der Waals surface area contributed by atoms with E-state index in [2.05, 4.69) is 0 Å². The molecule has 1 N–H and O–H groups in total. The van der Waals surface area contributed by atoms with Crippen LogP contribution >= 0.6 is 11.6 Å². The summed E-state index contributed by atoms with van der Waals surface area (Å²) < 4.78 is 39.6. The minimum absolute atomic E-state index is 0.0362. The number of halogens is 4. The van der Waals surface area contributed by atoms with Gasteiger partial charge in [-0.25, -0.2) is 13.2 Å². The Balaban J connectivity index is 2.22. The highest BCUT2D eigenvalue weighted by Gasteiger charge is 2.14. The van der Waals surface area contributed by atoms with Crippen molar-refractivity contribution in [1.82, 2.24) is 0 Å². The third-order valence-corrected chi connectivity index (χ3v) is 2.91. The van der Waals surface area contributed by atoms with E-state index in [1.165, 1.54) is 12.1 Å². The second-order valence-electron chi connectivity index (χ2n) is 4.16. The summed E-state index contributed by atoms with van der Waals surface area (Å²) in [7, 11) is 0. The molecule has 1 unspecified atom stereocenters. The average Bonchev–Trinajstić information content (AvgIpc) is 2.26. The van der Waals surface area contributed by atoms with Crippen molar-refractivity contribution in [2.45, 2.75) is 12.5 Å². The third kappa shape index (κ3) is 3.49. The minimum Gasteiger partial charge on any atom is -0.388 e. The molecule has 0 aliphatic carbocycles. The largest absolute Gasteiger partial charge is 0.388 e. The van der Waals surface area contributed by atoms with Crippen LogP contribution in [-0.2, 0) is 6.42 Å². The van der Waals surface area contributed by atoms with E-state index in [0.717, 1.165) is 24.3 Å². The molecule has 0 aromatic heterocycles. The van der Waals surface area contributed by atoms with E-state index in [1.54, 1.807) is 0 Å². The van der Waals surface area contributed by atoms with Crippen molar-refractivity contribution >= 4 is 11.6 Å². The van der Waals surface area contributed by atoms with Gasteiger partial charge in [0.25, 0.3) is 0 Å². The standard InChI is InChI=1S/C14H10ClF3O/c15-9-1-2-12(13(18)6-9)14(19)5-8-3-10(16)7-11(17)4-8/h1-4,6-7,14,19H,5H2. The second kappa shape index (κ2) is 5.63. The van der Waals surface area contributed by atoms with Gasteiger partial charge in [0.2, 0.25) is 0 Å². The quantitative estimate of drug-likeness (QED) is 0.903. The highest BCUT2D eigenvalue weighted by molar-refractivity contribution is 6.30. The van der Waals surface area contributed by atoms with Gasteiger partial charge in [-0.05, 0) is 29.8 Å². The molecule has 2 rings (SSSR count). The van der Waals surface area contributed by atoms with Gasteiger partial charge in [0.15, 0.2) is 0 Å². The van der Waals surface area contributed by atoms with Crippen molar-refractivity contribution < 1.29 is 18.3 Å². The first-order chi connectivity index (χ1) is 8.95. The van der Waals surface area contributed by atoms with Gasteiger partial charge >= 0.3 is 0 Å². The molecule has 0 spiro atoms.